The van der Waals surface area contributed by atoms with Crippen molar-refractivity contribution in [2.45, 2.75) is 45.4 Å². The van der Waals surface area contributed by atoms with Gasteiger partial charge < -0.3 is 15.5 Å². The maximum absolute atomic E-state index is 12.7. The quantitative estimate of drug-likeness (QED) is 0.740. The smallest absolute Gasteiger partial charge is 0.321 e. The van der Waals surface area contributed by atoms with Crippen LogP contribution in [0.15, 0.2) is 48.5 Å². The third-order valence-corrected chi connectivity index (χ3v) is 5.48. The number of rotatable bonds is 6. The predicted molar refractivity (Wildman–Crippen MR) is 117 cm³/mol. The molecule has 3 amide bonds. The maximum atomic E-state index is 12.7. The number of hydrogen-bond donors (Lipinski definition) is 2. The Kier molecular flexibility index (Phi) is 7.28. The number of nitrogens with one attached hydrogen (secondary N) is 2. The molecule has 154 valence electrons. The first-order valence-corrected chi connectivity index (χ1v) is 10.6. The van der Waals surface area contributed by atoms with Crippen LogP contribution in [0.1, 0.15) is 60.5 Å². The number of likely N-dealkylation sites (tertiary alicyclic amines) is 1. The highest BCUT2D eigenvalue weighted by Crippen LogP contribution is 2.28. The van der Waals surface area contributed by atoms with E-state index in [9.17, 15) is 9.59 Å². The van der Waals surface area contributed by atoms with Gasteiger partial charge in [-0.05, 0) is 61.1 Å². The van der Waals surface area contributed by atoms with Gasteiger partial charge >= 0.3 is 6.03 Å². The van der Waals surface area contributed by atoms with Gasteiger partial charge in [0.2, 0.25) is 0 Å². The van der Waals surface area contributed by atoms with Crippen LogP contribution >= 0.6 is 0 Å². The van der Waals surface area contributed by atoms with Crippen molar-refractivity contribution in [3.05, 3.63) is 65.2 Å². The first kappa shape index (κ1) is 20.9. The summed E-state index contributed by atoms with van der Waals surface area (Å²) in [6.07, 6.45) is 3.88. The lowest BCUT2D eigenvalue weighted by atomic mass is 9.89. The van der Waals surface area contributed by atoms with Crippen LogP contribution in [0.3, 0.4) is 0 Å². The van der Waals surface area contributed by atoms with Crippen molar-refractivity contribution in [1.29, 1.82) is 0 Å². The lowest BCUT2D eigenvalue weighted by Crippen LogP contribution is -2.41. The molecule has 29 heavy (non-hydrogen) atoms. The minimum absolute atomic E-state index is 0.0327. The molecule has 1 aliphatic rings. The zero-order valence-electron chi connectivity index (χ0n) is 17.4. The van der Waals surface area contributed by atoms with Crippen molar-refractivity contribution < 1.29 is 9.59 Å². The number of carbonyl (C=O) groups excluding carboxylic acids is 2. The molecule has 0 aliphatic carbocycles. The van der Waals surface area contributed by atoms with Crippen LogP contribution in [0.4, 0.5) is 10.5 Å². The van der Waals surface area contributed by atoms with Crippen LogP contribution in [-0.4, -0.2) is 36.5 Å². The van der Waals surface area contributed by atoms with E-state index in [1.807, 2.05) is 54.3 Å². The van der Waals surface area contributed by atoms with Gasteiger partial charge in [-0.25, -0.2) is 4.79 Å². The Morgan fingerprint density at radius 3 is 2.62 bits per heavy atom. The molecular formula is C24H31N3O2. The number of amides is 3. The molecule has 2 aromatic rings. The third kappa shape index (κ3) is 5.59. The number of benzene rings is 2. The van der Waals surface area contributed by atoms with E-state index < -0.39 is 0 Å². The fourth-order valence-corrected chi connectivity index (χ4v) is 3.73. The summed E-state index contributed by atoms with van der Waals surface area (Å²) >= 11 is 0. The second-order valence-electron chi connectivity index (χ2n) is 7.65. The number of urea groups is 1. The van der Waals surface area contributed by atoms with Gasteiger partial charge in [-0.3, -0.25) is 4.79 Å². The molecule has 1 atom stereocenters. The summed E-state index contributed by atoms with van der Waals surface area (Å²) in [7, 11) is 0. The van der Waals surface area contributed by atoms with Gasteiger partial charge in [-0.1, -0.05) is 38.1 Å². The maximum Gasteiger partial charge on any atom is 0.321 e. The molecule has 0 bridgehead atoms. The average Bonchev–Trinajstić information content (AvgIpc) is 2.78. The Morgan fingerprint density at radius 1 is 1.10 bits per heavy atom. The van der Waals surface area contributed by atoms with E-state index in [0.717, 1.165) is 43.5 Å². The fourth-order valence-electron chi connectivity index (χ4n) is 3.73. The Bertz CT molecular complexity index is 832. The topological polar surface area (TPSA) is 61.4 Å². The van der Waals surface area contributed by atoms with Gasteiger partial charge in [0.05, 0.1) is 0 Å². The highest BCUT2D eigenvalue weighted by molar-refractivity contribution is 5.94. The summed E-state index contributed by atoms with van der Waals surface area (Å²) in [5.41, 5.74) is 3.89. The molecule has 1 saturated heterocycles. The molecule has 2 N–H and O–H groups in total. The van der Waals surface area contributed by atoms with Gasteiger partial charge in [0, 0.05) is 36.8 Å². The van der Waals surface area contributed by atoms with Gasteiger partial charge in [0.25, 0.3) is 5.91 Å². The normalized spacial score (nSPS) is 16.3. The Balaban J connectivity index is 1.63. The molecule has 0 saturated carbocycles. The van der Waals surface area contributed by atoms with Crippen LogP contribution < -0.4 is 10.6 Å². The molecule has 5 heteroatoms. The molecule has 3 rings (SSSR count). The number of anilines is 1. The standard InChI is InChI=1S/C24H31N3O2/c1-3-14-25-23(28)20-8-5-7-19(16-20)21-9-6-15-27(17-21)24(29)26-22-12-10-18(4-2)11-13-22/h5,7-8,10-13,16,21H,3-4,6,9,14-15,17H2,1-2H3,(H,25,28)(H,26,29). The first-order chi connectivity index (χ1) is 14.1. The number of carbonyl (C=O) groups is 2. The SMILES string of the molecule is CCCNC(=O)c1cccc(C2CCCN(C(=O)Nc3ccc(CC)cc3)C2)c1. The van der Waals surface area contributed by atoms with Crippen LogP contribution in [0, 0.1) is 0 Å². The van der Waals surface area contributed by atoms with Crippen molar-refractivity contribution in [2.75, 3.05) is 25.0 Å². The molecular weight excluding hydrogens is 362 g/mol. The van der Waals surface area contributed by atoms with Crippen molar-refractivity contribution >= 4 is 17.6 Å². The Hall–Kier alpha value is -2.82. The molecule has 0 aromatic heterocycles. The van der Waals surface area contributed by atoms with Crippen LogP contribution in [0.25, 0.3) is 0 Å². The van der Waals surface area contributed by atoms with Crippen molar-refractivity contribution in [2.24, 2.45) is 0 Å². The van der Waals surface area contributed by atoms with E-state index in [2.05, 4.69) is 23.6 Å². The number of nitrogens with zero attached hydrogens (tertiary/aromatic N) is 1. The Morgan fingerprint density at radius 2 is 1.90 bits per heavy atom. The van der Waals surface area contributed by atoms with Crippen LogP contribution in [0.2, 0.25) is 0 Å². The summed E-state index contributed by atoms with van der Waals surface area (Å²) in [5, 5.41) is 5.94. The second-order valence-corrected chi connectivity index (χ2v) is 7.65. The molecule has 0 radical (unpaired) electrons. The molecule has 1 unspecified atom stereocenters. The van der Waals surface area contributed by atoms with E-state index in [-0.39, 0.29) is 17.9 Å². The monoisotopic (exact) mass is 393 g/mol. The molecule has 2 aromatic carbocycles. The van der Waals surface area contributed by atoms with Crippen LogP contribution in [-0.2, 0) is 6.42 Å². The van der Waals surface area contributed by atoms with Gasteiger partial charge in [0.1, 0.15) is 0 Å². The van der Waals surface area contributed by atoms with E-state index in [0.29, 0.717) is 18.7 Å². The minimum atomic E-state index is -0.0595. The van der Waals surface area contributed by atoms with E-state index in [1.54, 1.807) is 0 Å². The number of aryl methyl sites for hydroxylation is 1. The van der Waals surface area contributed by atoms with Crippen molar-refractivity contribution in [3.63, 3.8) is 0 Å². The van der Waals surface area contributed by atoms with E-state index in [4.69, 9.17) is 0 Å². The van der Waals surface area contributed by atoms with Gasteiger partial charge in [-0.15, -0.1) is 0 Å². The second kappa shape index (κ2) is 10.1. The van der Waals surface area contributed by atoms with Crippen LogP contribution in [0.5, 0.6) is 0 Å². The summed E-state index contributed by atoms with van der Waals surface area (Å²) in [6.45, 7) is 6.26. The Labute approximate surface area is 173 Å². The predicted octanol–water partition coefficient (Wildman–Crippen LogP) is 4.80. The zero-order chi connectivity index (χ0) is 20.6. The zero-order valence-corrected chi connectivity index (χ0v) is 17.4. The van der Waals surface area contributed by atoms with Crippen molar-refractivity contribution in [3.8, 4) is 0 Å². The largest absolute Gasteiger partial charge is 0.352 e. The molecule has 1 heterocycles. The molecule has 5 nitrogen and oxygen atoms in total. The minimum Gasteiger partial charge on any atom is -0.352 e. The summed E-state index contributed by atoms with van der Waals surface area (Å²) < 4.78 is 0. The third-order valence-electron chi connectivity index (χ3n) is 5.48. The summed E-state index contributed by atoms with van der Waals surface area (Å²) in [4.78, 5) is 26.9. The van der Waals surface area contributed by atoms with Crippen molar-refractivity contribution in [1.82, 2.24) is 10.2 Å². The first-order valence-electron chi connectivity index (χ1n) is 10.6. The molecule has 1 fully saturated rings. The van der Waals surface area contributed by atoms with Gasteiger partial charge in [0.15, 0.2) is 0 Å². The average molecular weight is 394 g/mol. The fraction of sp³-hybridized carbons (Fsp3) is 0.417. The lowest BCUT2D eigenvalue weighted by molar-refractivity contribution is 0.0953. The highest BCUT2D eigenvalue weighted by Gasteiger charge is 2.25. The summed E-state index contributed by atoms with van der Waals surface area (Å²) in [5.74, 6) is 0.213. The molecule has 1 aliphatic heterocycles. The van der Waals surface area contributed by atoms with E-state index in [1.165, 1.54) is 5.56 Å². The van der Waals surface area contributed by atoms with Gasteiger partial charge in [-0.2, -0.15) is 0 Å². The lowest BCUT2D eigenvalue weighted by Gasteiger charge is -2.33. The highest BCUT2D eigenvalue weighted by atomic mass is 16.2. The van der Waals surface area contributed by atoms with E-state index >= 15 is 0 Å². The number of hydrogen-bond acceptors (Lipinski definition) is 2. The molecule has 0 spiro atoms. The number of piperidine rings is 1. The summed E-state index contributed by atoms with van der Waals surface area (Å²) in [6, 6.07) is 15.8.